The van der Waals surface area contributed by atoms with Crippen LogP contribution in [0.25, 0.3) is 0 Å². The van der Waals surface area contributed by atoms with Crippen LogP contribution in [-0.4, -0.2) is 9.55 Å². The van der Waals surface area contributed by atoms with Gasteiger partial charge >= 0.3 is 0 Å². The van der Waals surface area contributed by atoms with Gasteiger partial charge in [0.25, 0.3) is 0 Å². The minimum atomic E-state index is 0.592. The Hall–Kier alpha value is -0.790. The van der Waals surface area contributed by atoms with Crippen LogP contribution in [-0.2, 0) is 0 Å². The summed E-state index contributed by atoms with van der Waals surface area (Å²) in [5, 5.41) is 0. The van der Waals surface area contributed by atoms with Gasteiger partial charge in [-0.25, -0.2) is 4.98 Å². The minimum absolute atomic E-state index is 0.592. The highest BCUT2D eigenvalue weighted by atomic mass is 15.1. The molecule has 0 aliphatic carbocycles. The van der Waals surface area contributed by atoms with Crippen LogP contribution in [0.2, 0.25) is 0 Å². The number of nitrogens with zero attached hydrogens (tertiary/aromatic N) is 2. The number of imidazole rings is 1. The zero-order valence-corrected chi connectivity index (χ0v) is 23.3. The van der Waals surface area contributed by atoms with Gasteiger partial charge in [0, 0.05) is 24.4 Å². The molecule has 0 aliphatic heterocycles. The maximum Gasteiger partial charge on any atom is 0.111 e. The third-order valence-electron chi connectivity index (χ3n) is 7.56. The Morgan fingerprint density at radius 2 is 1.03 bits per heavy atom. The molecule has 2 atom stereocenters. The van der Waals surface area contributed by atoms with Gasteiger partial charge in [0.05, 0.1) is 0 Å². The van der Waals surface area contributed by atoms with Crippen molar-refractivity contribution in [1.82, 2.24) is 9.55 Å². The maximum atomic E-state index is 4.86. The SMILES string of the molecule is CCCCCCCCCCCCCCC(C)n1ccnc1C(CCC)CCCCCCCC. The molecule has 2 unspecified atom stereocenters. The monoisotopic (exact) mass is 460 g/mol. The van der Waals surface area contributed by atoms with Gasteiger partial charge in [-0.3, -0.25) is 0 Å². The molecule has 1 rings (SSSR count). The average molecular weight is 461 g/mol. The average Bonchev–Trinajstić information content (AvgIpc) is 3.31. The van der Waals surface area contributed by atoms with Gasteiger partial charge in [0.1, 0.15) is 5.82 Å². The van der Waals surface area contributed by atoms with E-state index in [2.05, 4.69) is 44.7 Å². The zero-order valence-electron chi connectivity index (χ0n) is 23.3. The smallest absolute Gasteiger partial charge is 0.111 e. The third kappa shape index (κ3) is 14.9. The van der Waals surface area contributed by atoms with E-state index >= 15 is 0 Å². The van der Waals surface area contributed by atoms with Crippen LogP contribution >= 0.6 is 0 Å². The van der Waals surface area contributed by atoms with Gasteiger partial charge < -0.3 is 4.57 Å². The van der Waals surface area contributed by atoms with Crippen molar-refractivity contribution in [3.63, 3.8) is 0 Å². The van der Waals surface area contributed by atoms with Crippen LogP contribution in [0.3, 0.4) is 0 Å². The van der Waals surface area contributed by atoms with E-state index < -0.39 is 0 Å². The number of rotatable bonds is 24. The fourth-order valence-electron chi connectivity index (χ4n) is 5.36. The second kappa shape index (κ2) is 21.7. The summed E-state index contributed by atoms with van der Waals surface area (Å²) in [4.78, 5) is 4.86. The number of hydrogen-bond donors (Lipinski definition) is 0. The Kier molecular flexibility index (Phi) is 19.9. The Bertz CT molecular complexity index is 521. The Balaban J connectivity index is 2.22. The summed E-state index contributed by atoms with van der Waals surface area (Å²) < 4.78 is 2.52. The minimum Gasteiger partial charge on any atom is -0.332 e. The van der Waals surface area contributed by atoms with E-state index in [0.29, 0.717) is 12.0 Å². The normalized spacial score (nSPS) is 13.5. The highest BCUT2D eigenvalue weighted by molar-refractivity contribution is 5.02. The highest BCUT2D eigenvalue weighted by Gasteiger charge is 2.18. The van der Waals surface area contributed by atoms with Crippen molar-refractivity contribution in [3.8, 4) is 0 Å². The predicted octanol–water partition coefficient (Wildman–Crippen LogP) is 11.2. The molecule has 1 aromatic rings. The lowest BCUT2D eigenvalue weighted by Gasteiger charge is -2.22. The van der Waals surface area contributed by atoms with Gasteiger partial charge in [0.2, 0.25) is 0 Å². The first-order valence-electron chi connectivity index (χ1n) is 15.3. The van der Waals surface area contributed by atoms with E-state index in [0.717, 1.165) is 0 Å². The summed E-state index contributed by atoms with van der Waals surface area (Å²) in [6.07, 6.45) is 35.0. The van der Waals surface area contributed by atoms with E-state index in [9.17, 15) is 0 Å². The summed E-state index contributed by atoms with van der Waals surface area (Å²) >= 11 is 0. The molecule has 0 bridgehead atoms. The van der Waals surface area contributed by atoms with Crippen LogP contribution in [0.5, 0.6) is 0 Å². The molecule has 2 heteroatoms. The quantitative estimate of drug-likeness (QED) is 0.140. The lowest BCUT2D eigenvalue weighted by atomic mass is 9.94. The first kappa shape index (κ1) is 30.2. The van der Waals surface area contributed by atoms with Crippen LogP contribution < -0.4 is 0 Å². The molecule has 0 fully saturated rings. The molecule has 0 radical (unpaired) electrons. The molecule has 2 nitrogen and oxygen atoms in total. The topological polar surface area (TPSA) is 17.8 Å². The lowest BCUT2D eigenvalue weighted by molar-refractivity contribution is 0.419. The van der Waals surface area contributed by atoms with Crippen molar-refractivity contribution in [1.29, 1.82) is 0 Å². The van der Waals surface area contributed by atoms with Crippen molar-refractivity contribution in [2.24, 2.45) is 0 Å². The highest BCUT2D eigenvalue weighted by Crippen LogP contribution is 2.29. The molecule has 33 heavy (non-hydrogen) atoms. The van der Waals surface area contributed by atoms with Crippen LogP contribution in [0.1, 0.15) is 187 Å². The van der Waals surface area contributed by atoms with E-state index in [1.165, 1.54) is 147 Å². The molecule has 0 N–H and O–H groups in total. The van der Waals surface area contributed by atoms with Gasteiger partial charge in [-0.2, -0.15) is 0 Å². The fourth-order valence-corrected chi connectivity index (χ4v) is 5.36. The molecule has 0 aromatic carbocycles. The maximum absolute atomic E-state index is 4.86. The van der Waals surface area contributed by atoms with Crippen LogP contribution in [0.4, 0.5) is 0 Å². The van der Waals surface area contributed by atoms with Crippen LogP contribution in [0.15, 0.2) is 12.4 Å². The summed E-state index contributed by atoms with van der Waals surface area (Å²) in [6, 6.07) is 0.592. The van der Waals surface area contributed by atoms with E-state index in [-0.39, 0.29) is 0 Å². The Labute approximate surface area is 208 Å². The van der Waals surface area contributed by atoms with Crippen LogP contribution in [0, 0.1) is 0 Å². The Morgan fingerprint density at radius 1 is 0.576 bits per heavy atom. The molecule has 1 heterocycles. The molecule has 0 aliphatic rings. The summed E-state index contributed by atoms with van der Waals surface area (Å²) in [5.41, 5.74) is 0. The van der Waals surface area contributed by atoms with E-state index in [1.54, 1.807) is 0 Å². The summed E-state index contributed by atoms with van der Waals surface area (Å²) in [6.45, 7) is 9.35. The van der Waals surface area contributed by atoms with Crippen molar-refractivity contribution in [2.45, 2.75) is 181 Å². The first-order valence-corrected chi connectivity index (χ1v) is 15.3. The van der Waals surface area contributed by atoms with Crippen molar-refractivity contribution < 1.29 is 0 Å². The van der Waals surface area contributed by atoms with E-state index in [4.69, 9.17) is 4.98 Å². The third-order valence-corrected chi connectivity index (χ3v) is 7.56. The summed E-state index contributed by atoms with van der Waals surface area (Å²) in [5.74, 6) is 2.03. The number of hydrogen-bond acceptors (Lipinski definition) is 1. The fraction of sp³-hybridized carbons (Fsp3) is 0.903. The van der Waals surface area contributed by atoms with Crippen molar-refractivity contribution >= 4 is 0 Å². The van der Waals surface area contributed by atoms with Gasteiger partial charge in [-0.05, 0) is 26.2 Å². The van der Waals surface area contributed by atoms with Gasteiger partial charge in [0.15, 0.2) is 0 Å². The molecule has 0 saturated heterocycles. The molecule has 0 amide bonds. The van der Waals surface area contributed by atoms with E-state index in [1.807, 2.05) is 0 Å². The number of aromatic nitrogens is 2. The zero-order chi connectivity index (χ0) is 24.0. The standard InChI is InChI=1S/C31H60N2/c1-5-8-10-12-14-15-16-17-18-19-20-22-25-29(4)33-28-27-32-31(33)30(24-7-3)26-23-21-13-11-9-6-2/h27-30H,5-26H2,1-4H3. The van der Waals surface area contributed by atoms with Crippen molar-refractivity contribution in [3.05, 3.63) is 18.2 Å². The molecule has 0 saturated carbocycles. The molecular weight excluding hydrogens is 400 g/mol. The largest absolute Gasteiger partial charge is 0.332 e. The first-order chi connectivity index (χ1) is 16.2. The van der Waals surface area contributed by atoms with Gasteiger partial charge in [-0.1, -0.05) is 143 Å². The molecule has 0 spiro atoms. The second-order valence-electron chi connectivity index (χ2n) is 10.8. The molecule has 194 valence electrons. The van der Waals surface area contributed by atoms with Gasteiger partial charge in [-0.15, -0.1) is 0 Å². The second-order valence-corrected chi connectivity index (χ2v) is 10.8. The molecule has 1 aromatic heterocycles. The predicted molar refractivity (Wildman–Crippen MR) is 148 cm³/mol. The lowest BCUT2D eigenvalue weighted by Crippen LogP contribution is -2.13. The Morgan fingerprint density at radius 3 is 1.52 bits per heavy atom. The van der Waals surface area contributed by atoms with Crippen molar-refractivity contribution in [2.75, 3.05) is 0 Å². The number of unbranched alkanes of at least 4 members (excludes halogenated alkanes) is 16. The summed E-state index contributed by atoms with van der Waals surface area (Å²) in [7, 11) is 0. The molecular formula is C31H60N2.